The summed E-state index contributed by atoms with van der Waals surface area (Å²) in [7, 11) is 0. The van der Waals surface area contributed by atoms with Crippen LogP contribution in [-0.4, -0.2) is 25.2 Å². The molecule has 0 unspecified atom stereocenters. The van der Waals surface area contributed by atoms with Crippen LogP contribution in [0.4, 0.5) is 0 Å². The predicted molar refractivity (Wildman–Crippen MR) is 264 cm³/mol. The first-order valence-electron chi connectivity index (χ1n) is 28.0. The van der Waals surface area contributed by atoms with Gasteiger partial charge in [-0.3, -0.25) is 9.59 Å². The average molecular weight is 847 g/mol. The van der Waals surface area contributed by atoms with E-state index in [2.05, 4.69) is 13.8 Å². The molecule has 0 atom stereocenters. The second-order valence-electron chi connectivity index (χ2n) is 19.2. The van der Waals surface area contributed by atoms with Crippen LogP contribution in [0.3, 0.4) is 0 Å². The van der Waals surface area contributed by atoms with E-state index in [4.69, 9.17) is 9.47 Å². The lowest BCUT2D eigenvalue weighted by molar-refractivity contribution is -0.145. The van der Waals surface area contributed by atoms with Gasteiger partial charge in [0.1, 0.15) is 0 Å². The molecular weight excluding hydrogens is 737 g/mol. The lowest BCUT2D eigenvalue weighted by atomic mass is 10.0. The first kappa shape index (κ1) is 58.9. The standard InChI is InChI=1S/C56H110O4/c1-3-5-7-9-11-13-15-17-19-21-23-25-27-29-31-33-35-37-39-41-45-49-53-59-55(57)51-47-43-44-48-52-56(58)60-54-50-46-42-40-38-36-34-32-30-28-26-24-22-20-18-16-14-12-10-8-6-4-2/h3-54H2,1-2H3. The van der Waals surface area contributed by atoms with Gasteiger partial charge in [0.25, 0.3) is 0 Å². The van der Waals surface area contributed by atoms with Gasteiger partial charge in [-0.1, -0.05) is 296 Å². The van der Waals surface area contributed by atoms with E-state index in [0.717, 1.165) is 38.5 Å². The lowest BCUT2D eigenvalue weighted by Gasteiger charge is -2.06. The molecule has 0 aromatic heterocycles. The number of unbranched alkanes of at least 4 members (excludes halogenated alkanes) is 45. The van der Waals surface area contributed by atoms with Crippen LogP contribution in [0.2, 0.25) is 0 Å². The Hall–Kier alpha value is -1.06. The van der Waals surface area contributed by atoms with Gasteiger partial charge in [-0.25, -0.2) is 0 Å². The Labute approximate surface area is 377 Å². The largest absolute Gasteiger partial charge is 0.466 e. The number of carbonyl (C=O) groups excluding carboxylic acids is 2. The Bertz CT molecular complexity index is 745. The minimum atomic E-state index is -0.0573. The molecule has 0 N–H and O–H groups in total. The second kappa shape index (κ2) is 54.1. The van der Waals surface area contributed by atoms with E-state index in [1.54, 1.807) is 0 Å². The van der Waals surface area contributed by atoms with E-state index >= 15 is 0 Å². The predicted octanol–water partition coefficient (Wildman–Crippen LogP) is 19.6. The third kappa shape index (κ3) is 53.1. The molecule has 60 heavy (non-hydrogen) atoms. The van der Waals surface area contributed by atoms with Crippen molar-refractivity contribution < 1.29 is 19.1 Å². The Morgan fingerprint density at radius 3 is 0.550 bits per heavy atom. The van der Waals surface area contributed by atoms with Crippen LogP contribution >= 0.6 is 0 Å². The molecule has 0 saturated carbocycles. The van der Waals surface area contributed by atoms with Crippen molar-refractivity contribution >= 4 is 11.9 Å². The van der Waals surface area contributed by atoms with E-state index in [-0.39, 0.29) is 11.9 Å². The summed E-state index contributed by atoms with van der Waals surface area (Å²) in [4.78, 5) is 24.1. The van der Waals surface area contributed by atoms with Crippen LogP contribution in [-0.2, 0) is 19.1 Å². The molecule has 0 rings (SSSR count). The summed E-state index contributed by atoms with van der Waals surface area (Å²) in [6.45, 7) is 5.74. The van der Waals surface area contributed by atoms with E-state index in [1.807, 2.05) is 0 Å². The van der Waals surface area contributed by atoms with E-state index in [1.165, 1.54) is 270 Å². The monoisotopic (exact) mass is 847 g/mol. The summed E-state index contributed by atoms with van der Waals surface area (Å²) in [5.41, 5.74) is 0. The SMILES string of the molecule is CCCCCCCCCCCCCCCCCCCCCCCCOC(=O)CCCCCCC(=O)OCCCCCCCCCCCCCCCCCCCCCCCC. The Balaban J connectivity index is 3.22. The van der Waals surface area contributed by atoms with Crippen LogP contribution in [0, 0.1) is 0 Å². The zero-order chi connectivity index (χ0) is 43.3. The molecule has 0 spiro atoms. The fourth-order valence-electron chi connectivity index (χ4n) is 8.83. The minimum Gasteiger partial charge on any atom is -0.466 e. The molecule has 358 valence electrons. The van der Waals surface area contributed by atoms with Crippen molar-refractivity contribution in [1.82, 2.24) is 0 Å². The molecule has 4 heteroatoms. The smallest absolute Gasteiger partial charge is 0.305 e. The number of ether oxygens (including phenoxy) is 2. The van der Waals surface area contributed by atoms with Crippen molar-refractivity contribution in [2.24, 2.45) is 0 Å². The maximum absolute atomic E-state index is 12.1. The number of carbonyl (C=O) groups is 2. The second-order valence-corrected chi connectivity index (χ2v) is 19.2. The van der Waals surface area contributed by atoms with E-state index in [0.29, 0.717) is 26.1 Å². The number of hydrogen-bond acceptors (Lipinski definition) is 4. The highest BCUT2D eigenvalue weighted by molar-refractivity contribution is 5.69. The molecule has 0 heterocycles. The van der Waals surface area contributed by atoms with E-state index in [9.17, 15) is 9.59 Å². The Morgan fingerprint density at radius 1 is 0.217 bits per heavy atom. The van der Waals surface area contributed by atoms with E-state index < -0.39 is 0 Å². The molecule has 0 aliphatic rings. The Morgan fingerprint density at radius 2 is 0.367 bits per heavy atom. The molecule has 0 aliphatic carbocycles. The van der Waals surface area contributed by atoms with Crippen molar-refractivity contribution in [3.8, 4) is 0 Å². The third-order valence-corrected chi connectivity index (χ3v) is 13.0. The van der Waals surface area contributed by atoms with Crippen LogP contribution in [0.15, 0.2) is 0 Å². The fourth-order valence-corrected chi connectivity index (χ4v) is 8.83. The average Bonchev–Trinajstić information content (AvgIpc) is 3.25. The zero-order valence-corrected chi connectivity index (χ0v) is 41.4. The molecule has 0 amide bonds. The van der Waals surface area contributed by atoms with Gasteiger partial charge in [0.2, 0.25) is 0 Å². The number of esters is 2. The molecule has 0 aliphatic heterocycles. The third-order valence-electron chi connectivity index (χ3n) is 13.0. The van der Waals surface area contributed by atoms with Crippen LogP contribution in [0.5, 0.6) is 0 Å². The summed E-state index contributed by atoms with van der Waals surface area (Å²) in [6.07, 6.45) is 65.7. The highest BCUT2D eigenvalue weighted by atomic mass is 16.5. The first-order valence-corrected chi connectivity index (χ1v) is 28.0. The number of hydrogen-bond donors (Lipinski definition) is 0. The molecular formula is C56H110O4. The molecule has 0 aromatic rings. The van der Waals surface area contributed by atoms with Gasteiger partial charge in [0.15, 0.2) is 0 Å². The highest BCUT2D eigenvalue weighted by Gasteiger charge is 2.06. The lowest BCUT2D eigenvalue weighted by Crippen LogP contribution is -2.06. The summed E-state index contributed by atoms with van der Waals surface area (Å²) >= 11 is 0. The molecule has 0 radical (unpaired) electrons. The van der Waals surface area contributed by atoms with Crippen LogP contribution in [0.1, 0.15) is 335 Å². The maximum atomic E-state index is 12.1. The highest BCUT2D eigenvalue weighted by Crippen LogP contribution is 2.18. The quantitative estimate of drug-likeness (QED) is 0.0452. The molecule has 4 nitrogen and oxygen atoms in total. The van der Waals surface area contributed by atoms with Gasteiger partial charge >= 0.3 is 11.9 Å². The van der Waals surface area contributed by atoms with Crippen molar-refractivity contribution in [2.75, 3.05) is 13.2 Å². The van der Waals surface area contributed by atoms with Gasteiger partial charge in [0, 0.05) is 12.8 Å². The van der Waals surface area contributed by atoms with Crippen molar-refractivity contribution in [2.45, 2.75) is 335 Å². The summed E-state index contributed by atoms with van der Waals surface area (Å²) < 4.78 is 10.9. The van der Waals surface area contributed by atoms with Gasteiger partial charge in [0.05, 0.1) is 13.2 Å². The van der Waals surface area contributed by atoms with Gasteiger partial charge in [-0.2, -0.15) is 0 Å². The number of rotatable bonds is 53. The molecule has 0 fully saturated rings. The van der Waals surface area contributed by atoms with Gasteiger partial charge < -0.3 is 9.47 Å². The minimum absolute atomic E-state index is 0.0573. The Kier molecular flexibility index (Phi) is 53.1. The van der Waals surface area contributed by atoms with Crippen LogP contribution < -0.4 is 0 Å². The van der Waals surface area contributed by atoms with Crippen molar-refractivity contribution in [1.29, 1.82) is 0 Å². The summed E-state index contributed by atoms with van der Waals surface area (Å²) in [5, 5.41) is 0. The van der Waals surface area contributed by atoms with Crippen molar-refractivity contribution in [3.63, 3.8) is 0 Å². The fraction of sp³-hybridized carbons (Fsp3) is 0.964. The normalized spacial score (nSPS) is 11.4. The molecule has 0 aromatic carbocycles. The maximum Gasteiger partial charge on any atom is 0.305 e. The van der Waals surface area contributed by atoms with Gasteiger partial charge in [-0.15, -0.1) is 0 Å². The summed E-state index contributed by atoms with van der Waals surface area (Å²) in [6, 6.07) is 0. The van der Waals surface area contributed by atoms with Crippen LogP contribution in [0.25, 0.3) is 0 Å². The zero-order valence-electron chi connectivity index (χ0n) is 41.4. The van der Waals surface area contributed by atoms with Crippen molar-refractivity contribution in [3.05, 3.63) is 0 Å². The molecule has 0 saturated heterocycles. The first-order chi connectivity index (χ1) is 29.7. The van der Waals surface area contributed by atoms with Gasteiger partial charge in [-0.05, 0) is 25.7 Å². The topological polar surface area (TPSA) is 52.6 Å². The molecule has 0 bridgehead atoms. The summed E-state index contributed by atoms with van der Waals surface area (Å²) in [5.74, 6) is -0.115.